The Labute approximate surface area is 88.4 Å². The first-order valence-corrected chi connectivity index (χ1v) is 4.95. The molecule has 3 heteroatoms. The average molecular weight is 202 g/mol. The zero-order chi connectivity index (χ0) is 9.80. The van der Waals surface area contributed by atoms with Gasteiger partial charge in [-0.2, -0.15) is 0 Å². The molecule has 0 N–H and O–H groups in total. The van der Waals surface area contributed by atoms with E-state index < -0.39 is 0 Å². The third-order valence-electron chi connectivity index (χ3n) is 2.04. The highest BCUT2D eigenvalue weighted by Gasteiger charge is 2.04. The van der Waals surface area contributed by atoms with Gasteiger partial charge in [-0.05, 0) is 12.0 Å². The van der Waals surface area contributed by atoms with Gasteiger partial charge in [0.25, 0.3) is 0 Å². The van der Waals surface area contributed by atoms with Gasteiger partial charge in [-0.1, -0.05) is 42.5 Å². The highest BCUT2D eigenvalue weighted by Crippen LogP contribution is 2.06. The van der Waals surface area contributed by atoms with Gasteiger partial charge in [0.2, 0.25) is 0 Å². The molecule has 0 aliphatic carbocycles. The molecule has 0 aromatic heterocycles. The van der Waals surface area contributed by atoms with E-state index in [4.69, 9.17) is 12.2 Å². The van der Waals surface area contributed by atoms with Crippen molar-refractivity contribution in [1.82, 2.24) is 0 Å². The number of aryl methyl sites for hydroxylation is 1. The predicted octanol–water partition coefficient (Wildman–Crippen LogP) is 2.43. The zero-order valence-electron chi connectivity index (χ0n) is 7.68. The highest BCUT2D eigenvalue weighted by molar-refractivity contribution is 7.81. The quantitative estimate of drug-likeness (QED) is 0.691. The van der Waals surface area contributed by atoms with E-state index in [2.05, 4.69) is 22.1 Å². The van der Waals surface area contributed by atoms with E-state index in [1.165, 1.54) is 5.56 Å². The van der Waals surface area contributed by atoms with Crippen molar-refractivity contribution in [2.45, 2.75) is 12.8 Å². The minimum atomic E-state index is 0.591. The molecule has 0 saturated heterocycles. The van der Waals surface area contributed by atoms with E-state index in [-0.39, 0.29) is 0 Å². The van der Waals surface area contributed by atoms with Gasteiger partial charge in [0.05, 0.1) is 6.21 Å². The van der Waals surface area contributed by atoms with Crippen molar-refractivity contribution in [3.05, 3.63) is 35.9 Å². The van der Waals surface area contributed by atoms with Crippen LogP contribution in [0.15, 0.2) is 40.3 Å². The average Bonchev–Trinajstić information content (AvgIpc) is 2.63. The van der Waals surface area contributed by atoms with Crippen molar-refractivity contribution >= 4 is 29.3 Å². The number of benzene rings is 1. The van der Waals surface area contributed by atoms with Gasteiger partial charge in [0.15, 0.2) is 0 Å². The van der Waals surface area contributed by atoms with Crippen LogP contribution in [0.1, 0.15) is 12.0 Å². The van der Waals surface area contributed by atoms with Gasteiger partial charge in [-0.25, -0.2) is 9.98 Å². The van der Waals surface area contributed by atoms with Crippen LogP contribution in [0.4, 0.5) is 0 Å². The number of thiocarbonyl (C=S) groups is 1. The lowest BCUT2D eigenvalue weighted by Gasteiger charge is -1.98. The molecule has 1 heterocycles. The molecule has 1 aromatic carbocycles. The van der Waals surface area contributed by atoms with Crippen molar-refractivity contribution in [3.63, 3.8) is 0 Å². The normalized spacial score (nSPS) is 14.6. The van der Waals surface area contributed by atoms with Gasteiger partial charge in [-0.3, -0.25) is 0 Å². The van der Waals surface area contributed by atoms with Gasteiger partial charge in [0, 0.05) is 6.42 Å². The molecular formula is C11H10N2S. The molecule has 0 bridgehead atoms. The number of rotatable bonds is 3. The summed E-state index contributed by atoms with van der Waals surface area (Å²) >= 11 is 4.89. The number of aliphatic imine (C=N–C) groups is 2. The smallest absolute Gasteiger partial charge is 0.146 e. The van der Waals surface area contributed by atoms with Crippen LogP contribution in [0, 0.1) is 0 Å². The Morgan fingerprint density at radius 2 is 1.86 bits per heavy atom. The van der Waals surface area contributed by atoms with E-state index in [9.17, 15) is 0 Å². The Morgan fingerprint density at radius 3 is 2.50 bits per heavy atom. The summed E-state index contributed by atoms with van der Waals surface area (Å²) in [4.78, 5) is 8.84. The minimum absolute atomic E-state index is 0.591. The first-order valence-electron chi connectivity index (χ1n) is 4.54. The van der Waals surface area contributed by atoms with E-state index in [0.717, 1.165) is 18.7 Å². The maximum Gasteiger partial charge on any atom is 0.146 e. The summed E-state index contributed by atoms with van der Waals surface area (Å²) in [6.07, 6.45) is 3.47. The van der Waals surface area contributed by atoms with E-state index in [1.807, 2.05) is 18.2 Å². The molecule has 0 atom stereocenters. The van der Waals surface area contributed by atoms with Crippen LogP contribution in [0.2, 0.25) is 0 Å². The maximum atomic E-state index is 4.89. The molecule has 0 unspecified atom stereocenters. The first kappa shape index (κ1) is 9.21. The van der Waals surface area contributed by atoms with Crippen LogP contribution in [0.5, 0.6) is 0 Å². The van der Waals surface area contributed by atoms with Crippen LogP contribution in [0.3, 0.4) is 0 Å². The van der Waals surface area contributed by atoms with Gasteiger partial charge in [-0.15, -0.1) is 0 Å². The fraction of sp³-hybridized carbons (Fsp3) is 0.182. The summed E-state index contributed by atoms with van der Waals surface area (Å²) in [7, 11) is 0. The summed E-state index contributed by atoms with van der Waals surface area (Å²) in [6.45, 7) is 0. The number of amidine groups is 1. The summed E-state index contributed by atoms with van der Waals surface area (Å²) in [5, 5.41) is 0. The largest absolute Gasteiger partial charge is 0.238 e. The van der Waals surface area contributed by atoms with Crippen molar-refractivity contribution in [1.29, 1.82) is 0 Å². The summed E-state index contributed by atoms with van der Waals surface area (Å²) in [5.41, 5.74) is 1.31. The van der Waals surface area contributed by atoms with Gasteiger partial charge in [0.1, 0.15) is 10.8 Å². The Hall–Kier alpha value is -1.35. The van der Waals surface area contributed by atoms with Crippen LogP contribution < -0.4 is 0 Å². The van der Waals surface area contributed by atoms with Crippen LogP contribution in [-0.4, -0.2) is 17.0 Å². The number of hydrogen-bond donors (Lipinski definition) is 0. The van der Waals surface area contributed by atoms with Gasteiger partial charge < -0.3 is 0 Å². The van der Waals surface area contributed by atoms with Crippen LogP contribution in [-0.2, 0) is 6.42 Å². The molecule has 0 radical (unpaired) electrons. The third-order valence-corrected chi connectivity index (χ3v) is 2.24. The standard InChI is InChI=1S/C11H10N2S/c14-11-8-12-10(13-11)7-6-9-4-2-1-3-5-9/h1-5,8H,6-7H2. The zero-order valence-corrected chi connectivity index (χ0v) is 8.50. The molecule has 1 aliphatic rings. The van der Waals surface area contributed by atoms with E-state index in [1.54, 1.807) is 6.21 Å². The lowest BCUT2D eigenvalue weighted by atomic mass is 10.1. The molecule has 1 aromatic rings. The first-order chi connectivity index (χ1) is 6.84. The van der Waals surface area contributed by atoms with E-state index in [0.29, 0.717) is 4.99 Å². The topological polar surface area (TPSA) is 24.7 Å². The molecule has 14 heavy (non-hydrogen) atoms. The second-order valence-electron chi connectivity index (χ2n) is 3.11. The second-order valence-corrected chi connectivity index (χ2v) is 3.53. The highest BCUT2D eigenvalue weighted by atomic mass is 32.1. The molecule has 0 spiro atoms. The summed E-state index contributed by atoms with van der Waals surface area (Å²) in [6, 6.07) is 10.3. The minimum Gasteiger partial charge on any atom is -0.238 e. The molecule has 1 aliphatic heterocycles. The maximum absolute atomic E-state index is 4.89. The lowest BCUT2D eigenvalue weighted by molar-refractivity contribution is 1.03. The van der Waals surface area contributed by atoms with Crippen molar-refractivity contribution < 1.29 is 0 Å². The lowest BCUT2D eigenvalue weighted by Crippen LogP contribution is -1.94. The summed E-state index contributed by atoms with van der Waals surface area (Å²) in [5.74, 6) is 0.846. The Morgan fingerprint density at radius 1 is 1.07 bits per heavy atom. The fourth-order valence-corrected chi connectivity index (χ4v) is 1.49. The monoisotopic (exact) mass is 202 g/mol. The van der Waals surface area contributed by atoms with Crippen molar-refractivity contribution in [2.75, 3.05) is 0 Å². The predicted molar refractivity (Wildman–Crippen MR) is 63.3 cm³/mol. The molecule has 70 valence electrons. The van der Waals surface area contributed by atoms with Crippen LogP contribution >= 0.6 is 12.2 Å². The fourth-order valence-electron chi connectivity index (χ4n) is 1.34. The molecule has 0 amide bonds. The molecule has 0 saturated carbocycles. The molecule has 2 nitrogen and oxygen atoms in total. The number of hydrogen-bond acceptors (Lipinski definition) is 2. The molecule has 0 fully saturated rings. The Kier molecular flexibility index (Phi) is 2.79. The molecule has 2 rings (SSSR count). The van der Waals surface area contributed by atoms with E-state index >= 15 is 0 Å². The van der Waals surface area contributed by atoms with Crippen molar-refractivity contribution in [3.8, 4) is 0 Å². The number of nitrogens with zero attached hydrogens (tertiary/aromatic N) is 2. The molecular weight excluding hydrogens is 192 g/mol. The second kappa shape index (κ2) is 4.24. The van der Waals surface area contributed by atoms with Gasteiger partial charge >= 0.3 is 0 Å². The SMILES string of the molecule is S=C1C=NC(CCc2ccccc2)=N1. The van der Waals surface area contributed by atoms with Crippen molar-refractivity contribution in [2.24, 2.45) is 9.98 Å². The Balaban J connectivity index is 1.93. The Bertz CT molecular complexity index is 393. The van der Waals surface area contributed by atoms with Crippen LogP contribution in [0.25, 0.3) is 0 Å². The third kappa shape index (κ3) is 2.33. The summed E-state index contributed by atoms with van der Waals surface area (Å²) < 4.78 is 0.